The fraction of sp³-hybridized carbons (Fsp3) is 0.235. The van der Waals surface area contributed by atoms with Crippen LogP contribution in [0.3, 0.4) is 0 Å². The van der Waals surface area contributed by atoms with E-state index in [4.69, 9.17) is 8.83 Å². The van der Waals surface area contributed by atoms with E-state index in [1.54, 1.807) is 12.3 Å². The topological polar surface area (TPSA) is 69.1 Å². The molecule has 23 heavy (non-hydrogen) atoms. The highest BCUT2D eigenvalue weighted by Gasteiger charge is 2.20. The molecule has 0 aliphatic heterocycles. The average molecular weight is 328 g/mol. The zero-order valence-electron chi connectivity index (χ0n) is 13.1. The predicted octanol–water partition coefficient (Wildman–Crippen LogP) is 4.31. The number of ketones is 1. The zero-order valence-corrected chi connectivity index (χ0v) is 13.9. The van der Waals surface area contributed by atoms with Gasteiger partial charge in [0.2, 0.25) is 0 Å². The molecule has 1 atom stereocenters. The molecule has 5 nitrogen and oxygen atoms in total. The second kappa shape index (κ2) is 6.42. The predicted molar refractivity (Wildman–Crippen MR) is 87.6 cm³/mol. The van der Waals surface area contributed by atoms with Crippen LogP contribution in [0.5, 0.6) is 0 Å². The first kappa shape index (κ1) is 15.6. The monoisotopic (exact) mass is 328 g/mol. The number of rotatable bonds is 5. The molecular weight excluding hydrogens is 312 g/mol. The molecule has 0 radical (unpaired) electrons. The number of hydrogen-bond donors (Lipinski definition) is 0. The van der Waals surface area contributed by atoms with Crippen LogP contribution in [0.15, 0.2) is 50.7 Å². The molecule has 3 aromatic rings. The largest absolute Gasteiger partial charge is 0.469 e. The summed E-state index contributed by atoms with van der Waals surface area (Å²) < 4.78 is 10.8. The highest BCUT2D eigenvalue weighted by molar-refractivity contribution is 8.00. The summed E-state index contributed by atoms with van der Waals surface area (Å²) in [5.74, 6) is 1.15. The number of thioether (sulfide) groups is 1. The third kappa shape index (κ3) is 3.37. The molecule has 2 aromatic heterocycles. The Kier molecular flexibility index (Phi) is 4.34. The van der Waals surface area contributed by atoms with Gasteiger partial charge in [-0.25, -0.2) is 0 Å². The Hall–Kier alpha value is -2.34. The molecule has 0 bridgehead atoms. The molecule has 1 unspecified atom stereocenters. The van der Waals surface area contributed by atoms with Crippen molar-refractivity contribution in [2.24, 2.45) is 0 Å². The molecule has 0 saturated heterocycles. The summed E-state index contributed by atoms with van der Waals surface area (Å²) in [6.07, 6.45) is 1.57. The van der Waals surface area contributed by atoms with Crippen molar-refractivity contribution in [1.82, 2.24) is 10.2 Å². The molecule has 0 N–H and O–H groups in total. The van der Waals surface area contributed by atoms with Crippen LogP contribution in [0.2, 0.25) is 0 Å². The van der Waals surface area contributed by atoms with Crippen LogP contribution in [-0.4, -0.2) is 21.2 Å². The Bertz CT molecular complexity index is 820. The first-order valence-electron chi connectivity index (χ1n) is 7.20. The first-order chi connectivity index (χ1) is 11.0. The maximum absolute atomic E-state index is 12.4. The van der Waals surface area contributed by atoms with E-state index in [0.717, 1.165) is 11.1 Å². The van der Waals surface area contributed by atoms with Crippen molar-refractivity contribution in [2.45, 2.75) is 31.2 Å². The number of hydrogen-bond acceptors (Lipinski definition) is 6. The lowest BCUT2D eigenvalue weighted by molar-refractivity contribution is 0.0993. The van der Waals surface area contributed by atoms with E-state index < -0.39 is 0 Å². The number of carbonyl (C=O) groups is 1. The second-order valence-corrected chi connectivity index (χ2v) is 6.55. The molecular formula is C17H16N2O3S. The van der Waals surface area contributed by atoms with Gasteiger partial charge in [0, 0.05) is 5.56 Å². The van der Waals surface area contributed by atoms with Crippen molar-refractivity contribution >= 4 is 17.5 Å². The van der Waals surface area contributed by atoms with Gasteiger partial charge in [-0.1, -0.05) is 41.6 Å². The summed E-state index contributed by atoms with van der Waals surface area (Å²) in [5, 5.41) is 8.06. The van der Waals surface area contributed by atoms with Crippen molar-refractivity contribution in [1.29, 1.82) is 0 Å². The maximum Gasteiger partial charge on any atom is 0.277 e. The number of aryl methyl sites for hydroxylation is 2. The van der Waals surface area contributed by atoms with Crippen molar-refractivity contribution in [3.8, 4) is 11.5 Å². The van der Waals surface area contributed by atoms with E-state index in [1.807, 2.05) is 45.0 Å². The number of nitrogens with zero attached hydrogens (tertiary/aromatic N) is 2. The van der Waals surface area contributed by atoms with E-state index in [-0.39, 0.29) is 11.0 Å². The Morgan fingerprint density at radius 1 is 1.13 bits per heavy atom. The van der Waals surface area contributed by atoms with Crippen LogP contribution < -0.4 is 0 Å². The van der Waals surface area contributed by atoms with Gasteiger partial charge in [0.15, 0.2) is 5.78 Å². The SMILES string of the molecule is Cc1ccc(C(=O)C(C)Sc2nnc(-c3ccoc3C)o2)cc1. The summed E-state index contributed by atoms with van der Waals surface area (Å²) >= 11 is 1.25. The van der Waals surface area contributed by atoms with Crippen LogP contribution in [0.25, 0.3) is 11.5 Å². The lowest BCUT2D eigenvalue weighted by Gasteiger charge is -2.07. The van der Waals surface area contributed by atoms with E-state index in [9.17, 15) is 4.79 Å². The van der Waals surface area contributed by atoms with Crippen LogP contribution in [0.4, 0.5) is 0 Å². The van der Waals surface area contributed by atoms with E-state index in [2.05, 4.69) is 10.2 Å². The smallest absolute Gasteiger partial charge is 0.277 e. The van der Waals surface area contributed by atoms with Gasteiger partial charge in [-0.15, -0.1) is 10.2 Å². The van der Waals surface area contributed by atoms with Gasteiger partial charge in [-0.2, -0.15) is 0 Å². The summed E-state index contributed by atoms with van der Waals surface area (Å²) in [6.45, 7) is 5.65. The second-order valence-electron chi connectivity index (χ2n) is 5.25. The number of Topliss-reactive ketones (excluding diaryl/α,β-unsaturated/α-hetero) is 1. The first-order valence-corrected chi connectivity index (χ1v) is 8.08. The Labute approximate surface area is 138 Å². The van der Waals surface area contributed by atoms with E-state index >= 15 is 0 Å². The van der Waals surface area contributed by atoms with Crippen molar-refractivity contribution in [3.63, 3.8) is 0 Å². The highest BCUT2D eigenvalue weighted by atomic mass is 32.2. The summed E-state index contributed by atoms with van der Waals surface area (Å²) in [5.41, 5.74) is 2.57. The van der Waals surface area contributed by atoms with Crippen LogP contribution in [0, 0.1) is 13.8 Å². The normalized spacial score (nSPS) is 12.3. The van der Waals surface area contributed by atoms with Crippen LogP contribution >= 0.6 is 11.8 Å². The summed E-state index contributed by atoms with van der Waals surface area (Å²) in [7, 11) is 0. The maximum atomic E-state index is 12.4. The third-order valence-electron chi connectivity index (χ3n) is 3.48. The van der Waals surface area contributed by atoms with Gasteiger partial charge < -0.3 is 8.83 Å². The number of aromatic nitrogens is 2. The summed E-state index contributed by atoms with van der Waals surface area (Å²) in [4.78, 5) is 12.4. The highest BCUT2D eigenvalue weighted by Crippen LogP contribution is 2.29. The molecule has 118 valence electrons. The molecule has 0 aliphatic rings. The number of benzene rings is 1. The van der Waals surface area contributed by atoms with E-state index in [1.165, 1.54) is 11.8 Å². The Morgan fingerprint density at radius 2 is 1.87 bits per heavy atom. The van der Waals surface area contributed by atoms with Crippen LogP contribution in [0.1, 0.15) is 28.6 Å². The lowest BCUT2D eigenvalue weighted by atomic mass is 10.1. The van der Waals surface area contributed by atoms with Gasteiger partial charge in [0.1, 0.15) is 5.76 Å². The summed E-state index contributed by atoms with van der Waals surface area (Å²) in [6, 6.07) is 9.30. The minimum Gasteiger partial charge on any atom is -0.469 e. The number of furan rings is 1. The fourth-order valence-corrected chi connectivity index (χ4v) is 2.89. The van der Waals surface area contributed by atoms with Gasteiger partial charge in [-0.3, -0.25) is 4.79 Å². The Balaban J connectivity index is 1.72. The average Bonchev–Trinajstić information content (AvgIpc) is 3.16. The number of carbonyl (C=O) groups excluding carboxylic acids is 1. The minimum atomic E-state index is -0.309. The molecule has 0 spiro atoms. The molecule has 3 rings (SSSR count). The van der Waals surface area contributed by atoms with E-state index in [0.29, 0.717) is 22.4 Å². The lowest BCUT2D eigenvalue weighted by Crippen LogP contribution is -2.13. The Morgan fingerprint density at radius 3 is 2.52 bits per heavy atom. The molecule has 2 heterocycles. The van der Waals surface area contributed by atoms with Crippen LogP contribution in [-0.2, 0) is 0 Å². The molecule has 1 aromatic carbocycles. The quantitative estimate of drug-likeness (QED) is 0.513. The molecule has 0 amide bonds. The third-order valence-corrected chi connectivity index (χ3v) is 4.41. The minimum absolute atomic E-state index is 0.0363. The standard InChI is InChI=1S/C17H16N2O3S/c1-10-4-6-13(7-5-10)15(20)12(3)23-17-19-18-16(22-17)14-8-9-21-11(14)2/h4-9,12H,1-3H3. The zero-order chi connectivity index (χ0) is 16.4. The van der Waals surface area contributed by atoms with Crippen molar-refractivity contribution in [3.05, 3.63) is 53.5 Å². The van der Waals surface area contributed by atoms with Gasteiger partial charge >= 0.3 is 0 Å². The molecule has 6 heteroatoms. The van der Waals surface area contributed by atoms with Gasteiger partial charge in [0.25, 0.3) is 11.1 Å². The molecule has 0 aliphatic carbocycles. The van der Waals surface area contributed by atoms with Crippen molar-refractivity contribution in [2.75, 3.05) is 0 Å². The molecule has 0 fully saturated rings. The fourth-order valence-electron chi connectivity index (χ4n) is 2.13. The van der Waals surface area contributed by atoms with Gasteiger partial charge in [0.05, 0.1) is 17.1 Å². The van der Waals surface area contributed by atoms with Crippen molar-refractivity contribution < 1.29 is 13.6 Å². The molecule has 0 saturated carbocycles. The van der Waals surface area contributed by atoms with Gasteiger partial charge in [-0.05, 0) is 26.8 Å².